The highest BCUT2D eigenvalue weighted by Gasteiger charge is 2.13. The fourth-order valence-corrected chi connectivity index (χ4v) is 2.71. The molecule has 0 amide bonds. The van der Waals surface area contributed by atoms with Crippen molar-refractivity contribution in [2.45, 2.75) is 6.92 Å². The molecule has 0 radical (unpaired) electrons. The van der Waals surface area contributed by atoms with E-state index >= 15 is 0 Å². The number of anilines is 1. The SMILES string of the molecule is C=C/C=C(C)\C(=C/O)c1ncccc1-c1ccc2ncnc(N)c2c1. The quantitative estimate of drug-likeness (QED) is 0.550. The fourth-order valence-electron chi connectivity index (χ4n) is 2.71. The molecule has 25 heavy (non-hydrogen) atoms. The molecular formula is C20H18N4O. The molecule has 2 heterocycles. The summed E-state index contributed by atoms with van der Waals surface area (Å²) in [5, 5.41) is 10.5. The Kier molecular flexibility index (Phi) is 4.57. The molecule has 124 valence electrons. The molecule has 0 aliphatic carbocycles. The van der Waals surface area contributed by atoms with Crippen molar-refractivity contribution in [3.63, 3.8) is 0 Å². The van der Waals surface area contributed by atoms with E-state index in [0.29, 0.717) is 17.1 Å². The Morgan fingerprint density at radius 1 is 1.20 bits per heavy atom. The van der Waals surface area contributed by atoms with E-state index in [2.05, 4.69) is 21.5 Å². The second-order valence-corrected chi connectivity index (χ2v) is 5.52. The summed E-state index contributed by atoms with van der Waals surface area (Å²) < 4.78 is 0. The first-order valence-corrected chi connectivity index (χ1v) is 7.75. The van der Waals surface area contributed by atoms with E-state index in [0.717, 1.165) is 33.9 Å². The number of allylic oxidation sites excluding steroid dienone is 4. The van der Waals surface area contributed by atoms with Crippen LogP contribution >= 0.6 is 0 Å². The van der Waals surface area contributed by atoms with Crippen LogP contribution in [0.1, 0.15) is 12.6 Å². The summed E-state index contributed by atoms with van der Waals surface area (Å²) in [7, 11) is 0. The van der Waals surface area contributed by atoms with Crippen molar-refractivity contribution in [2.75, 3.05) is 5.73 Å². The van der Waals surface area contributed by atoms with Gasteiger partial charge in [-0.25, -0.2) is 9.97 Å². The molecule has 3 N–H and O–H groups in total. The van der Waals surface area contributed by atoms with Gasteiger partial charge in [-0.05, 0) is 36.3 Å². The van der Waals surface area contributed by atoms with Gasteiger partial charge in [0, 0.05) is 22.7 Å². The Balaban J connectivity index is 2.21. The molecule has 1 aromatic carbocycles. The van der Waals surface area contributed by atoms with Gasteiger partial charge in [0.15, 0.2) is 0 Å². The second-order valence-electron chi connectivity index (χ2n) is 5.52. The van der Waals surface area contributed by atoms with Crippen LogP contribution in [0.3, 0.4) is 0 Å². The first-order chi connectivity index (χ1) is 12.2. The minimum Gasteiger partial charge on any atom is -0.515 e. The summed E-state index contributed by atoms with van der Waals surface area (Å²) in [5.41, 5.74) is 10.7. The summed E-state index contributed by atoms with van der Waals surface area (Å²) in [6.45, 7) is 5.60. The molecule has 5 nitrogen and oxygen atoms in total. The third-order valence-corrected chi connectivity index (χ3v) is 3.96. The Bertz CT molecular complexity index is 1010. The van der Waals surface area contributed by atoms with Gasteiger partial charge in [0.25, 0.3) is 0 Å². The monoisotopic (exact) mass is 330 g/mol. The molecule has 3 rings (SSSR count). The highest BCUT2D eigenvalue weighted by Crippen LogP contribution is 2.32. The second kappa shape index (κ2) is 6.97. The van der Waals surface area contributed by atoms with Gasteiger partial charge in [0.1, 0.15) is 12.1 Å². The van der Waals surface area contributed by atoms with E-state index in [1.807, 2.05) is 43.3 Å². The number of pyridine rings is 1. The number of nitrogens with zero attached hydrogens (tertiary/aromatic N) is 3. The molecular weight excluding hydrogens is 312 g/mol. The van der Waals surface area contributed by atoms with Gasteiger partial charge in [-0.3, -0.25) is 4.98 Å². The first-order valence-electron chi connectivity index (χ1n) is 7.75. The average molecular weight is 330 g/mol. The molecule has 0 atom stereocenters. The lowest BCUT2D eigenvalue weighted by atomic mass is 9.95. The maximum atomic E-state index is 9.75. The lowest BCUT2D eigenvalue weighted by Gasteiger charge is -2.12. The van der Waals surface area contributed by atoms with Gasteiger partial charge >= 0.3 is 0 Å². The number of hydrogen-bond donors (Lipinski definition) is 2. The number of fused-ring (bicyclic) bond motifs is 1. The lowest BCUT2D eigenvalue weighted by Crippen LogP contribution is -1.97. The number of hydrogen-bond acceptors (Lipinski definition) is 5. The molecule has 0 bridgehead atoms. The van der Waals surface area contributed by atoms with Crippen molar-refractivity contribution >= 4 is 22.3 Å². The van der Waals surface area contributed by atoms with E-state index in [-0.39, 0.29) is 0 Å². The van der Waals surface area contributed by atoms with E-state index in [9.17, 15) is 5.11 Å². The smallest absolute Gasteiger partial charge is 0.134 e. The number of aliphatic hydroxyl groups is 1. The molecule has 0 fully saturated rings. The fraction of sp³-hybridized carbons (Fsp3) is 0.0500. The van der Waals surface area contributed by atoms with E-state index in [1.54, 1.807) is 12.3 Å². The Morgan fingerprint density at radius 3 is 2.80 bits per heavy atom. The van der Waals surface area contributed by atoms with Gasteiger partial charge in [-0.15, -0.1) is 0 Å². The highest BCUT2D eigenvalue weighted by molar-refractivity contribution is 5.93. The van der Waals surface area contributed by atoms with Crippen molar-refractivity contribution in [3.05, 3.63) is 79.1 Å². The molecule has 3 aromatic rings. The molecule has 2 aromatic heterocycles. The van der Waals surface area contributed by atoms with E-state index in [1.165, 1.54) is 6.33 Å². The molecule has 0 saturated carbocycles. The van der Waals surface area contributed by atoms with Crippen LogP contribution in [0.2, 0.25) is 0 Å². The van der Waals surface area contributed by atoms with Crippen LogP contribution in [0, 0.1) is 0 Å². The zero-order valence-corrected chi connectivity index (χ0v) is 13.8. The van der Waals surface area contributed by atoms with Gasteiger partial charge in [-0.1, -0.05) is 30.9 Å². The topological polar surface area (TPSA) is 84.9 Å². The maximum absolute atomic E-state index is 9.75. The van der Waals surface area contributed by atoms with Gasteiger partial charge in [-0.2, -0.15) is 0 Å². The largest absolute Gasteiger partial charge is 0.515 e. The summed E-state index contributed by atoms with van der Waals surface area (Å²) in [4.78, 5) is 12.7. The third kappa shape index (κ3) is 3.12. The minimum atomic E-state index is 0.429. The number of benzene rings is 1. The maximum Gasteiger partial charge on any atom is 0.134 e. The highest BCUT2D eigenvalue weighted by atomic mass is 16.2. The van der Waals surface area contributed by atoms with Crippen molar-refractivity contribution in [2.24, 2.45) is 0 Å². The Hall–Kier alpha value is -3.47. The lowest BCUT2D eigenvalue weighted by molar-refractivity contribution is 0.475. The zero-order chi connectivity index (χ0) is 17.8. The van der Waals surface area contributed by atoms with Crippen LogP contribution in [0.5, 0.6) is 0 Å². The number of rotatable bonds is 4. The number of aliphatic hydroxyl groups excluding tert-OH is 1. The number of aromatic nitrogens is 3. The number of nitrogen functional groups attached to an aromatic ring is 1. The molecule has 5 heteroatoms. The summed E-state index contributed by atoms with van der Waals surface area (Å²) in [5.74, 6) is 0.429. The molecule has 0 unspecified atom stereocenters. The van der Waals surface area contributed by atoms with Gasteiger partial charge < -0.3 is 10.8 Å². The molecule has 0 aliphatic rings. The van der Waals surface area contributed by atoms with Crippen LogP contribution in [-0.4, -0.2) is 20.1 Å². The third-order valence-electron chi connectivity index (χ3n) is 3.96. The van der Waals surface area contributed by atoms with E-state index < -0.39 is 0 Å². The molecule has 0 saturated heterocycles. The summed E-state index contributed by atoms with van der Waals surface area (Å²) in [6, 6.07) is 9.60. The van der Waals surface area contributed by atoms with Crippen LogP contribution < -0.4 is 5.73 Å². The van der Waals surface area contributed by atoms with Gasteiger partial charge in [0.05, 0.1) is 17.5 Å². The van der Waals surface area contributed by atoms with E-state index in [4.69, 9.17) is 5.73 Å². The number of nitrogens with two attached hydrogens (primary N) is 1. The van der Waals surface area contributed by atoms with Crippen LogP contribution in [0.15, 0.2) is 73.4 Å². The van der Waals surface area contributed by atoms with Crippen molar-refractivity contribution in [1.29, 1.82) is 0 Å². The van der Waals surface area contributed by atoms with Crippen LogP contribution in [0.4, 0.5) is 5.82 Å². The predicted molar refractivity (Wildman–Crippen MR) is 102 cm³/mol. The minimum absolute atomic E-state index is 0.429. The van der Waals surface area contributed by atoms with Crippen molar-refractivity contribution in [1.82, 2.24) is 15.0 Å². The Morgan fingerprint density at radius 2 is 2.04 bits per heavy atom. The average Bonchev–Trinajstić information content (AvgIpc) is 2.63. The zero-order valence-electron chi connectivity index (χ0n) is 13.8. The summed E-state index contributed by atoms with van der Waals surface area (Å²) >= 11 is 0. The van der Waals surface area contributed by atoms with Gasteiger partial charge in [0.2, 0.25) is 0 Å². The Labute approximate surface area is 145 Å². The first kappa shape index (κ1) is 16.4. The molecule has 0 aliphatic heterocycles. The van der Waals surface area contributed by atoms with Crippen LogP contribution in [-0.2, 0) is 0 Å². The van der Waals surface area contributed by atoms with Crippen molar-refractivity contribution < 1.29 is 5.11 Å². The standard InChI is InChI=1S/C20H18N4O/c1-3-5-13(2)17(11-25)19-15(6-4-9-22-19)14-7-8-18-16(10-14)20(21)24-12-23-18/h3-12,25H,1H2,2H3,(H2,21,23,24)/b13-5-,17-11+. The molecule has 0 spiro atoms. The van der Waals surface area contributed by atoms with Crippen LogP contribution in [0.25, 0.3) is 27.6 Å². The predicted octanol–water partition coefficient (Wildman–Crippen LogP) is 4.31. The van der Waals surface area contributed by atoms with Crippen molar-refractivity contribution in [3.8, 4) is 11.1 Å². The summed E-state index contributed by atoms with van der Waals surface area (Å²) in [6.07, 6.45) is 7.72. The normalized spacial score (nSPS) is 12.4.